The summed E-state index contributed by atoms with van der Waals surface area (Å²) >= 11 is 0. The van der Waals surface area contributed by atoms with E-state index < -0.39 is 21.2 Å². The molecule has 1 N–H and O–H groups in total. The Hall–Kier alpha value is -1.76. The summed E-state index contributed by atoms with van der Waals surface area (Å²) in [6, 6.07) is 3.55. The smallest absolute Gasteiger partial charge is 0.335 e. The molecule has 7 heteroatoms. The third-order valence-electron chi connectivity index (χ3n) is 3.45. The minimum atomic E-state index is -3.70. The average molecular weight is 312 g/mol. The largest absolute Gasteiger partial charge is 0.463 e. The molecule has 1 unspecified atom stereocenters. The Morgan fingerprint density at radius 1 is 1.52 bits per heavy atom. The Labute approximate surface area is 124 Å². The van der Waals surface area contributed by atoms with Crippen LogP contribution in [0.1, 0.15) is 31.9 Å². The predicted molar refractivity (Wildman–Crippen MR) is 79.8 cm³/mol. The number of carbonyl (C=O) groups is 1. The number of nitrogens with one attached hydrogen (secondary N) is 1. The monoisotopic (exact) mass is 312 g/mol. The van der Waals surface area contributed by atoms with E-state index in [0.29, 0.717) is 12.8 Å². The van der Waals surface area contributed by atoms with Crippen LogP contribution < -0.4 is 4.83 Å². The quantitative estimate of drug-likeness (QED) is 0.840. The highest BCUT2D eigenvalue weighted by Gasteiger charge is 2.35. The van der Waals surface area contributed by atoms with Crippen molar-refractivity contribution in [3.63, 3.8) is 0 Å². The van der Waals surface area contributed by atoms with E-state index in [1.54, 1.807) is 38.3 Å². The number of aromatic nitrogens is 1. The zero-order valence-corrected chi connectivity index (χ0v) is 13.0. The molecule has 0 aliphatic heterocycles. The van der Waals surface area contributed by atoms with Crippen LogP contribution in [0.25, 0.3) is 0 Å². The lowest BCUT2D eigenvalue weighted by atomic mass is 9.99. The maximum absolute atomic E-state index is 12.5. The van der Waals surface area contributed by atoms with Gasteiger partial charge in [0.1, 0.15) is 5.25 Å². The van der Waals surface area contributed by atoms with Gasteiger partial charge < -0.3 is 4.74 Å². The summed E-state index contributed by atoms with van der Waals surface area (Å²) < 4.78 is 31.5. The van der Waals surface area contributed by atoms with Crippen molar-refractivity contribution < 1.29 is 17.9 Å². The first-order valence-electron chi connectivity index (χ1n) is 6.98. The number of esters is 1. The number of aryl methyl sites for hydroxylation is 1. The van der Waals surface area contributed by atoms with Crippen LogP contribution in [0, 0.1) is 6.92 Å². The van der Waals surface area contributed by atoms with Gasteiger partial charge in [0.2, 0.25) is 0 Å². The summed E-state index contributed by atoms with van der Waals surface area (Å²) in [6.07, 6.45) is 5.15. The zero-order valence-electron chi connectivity index (χ0n) is 12.2. The highest BCUT2D eigenvalue weighted by molar-refractivity contribution is 7.93. The maximum Gasteiger partial charge on any atom is 0.335 e. The molecule has 0 amide bonds. The third kappa shape index (κ3) is 3.47. The molecule has 0 spiro atoms. The van der Waals surface area contributed by atoms with Gasteiger partial charge in [-0.1, -0.05) is 6.08 Å². The Morgan fingerprint density at radius 2 is 2.29 bits per heavy atom. The van der Waals surface area contributed by atoms with E-state index in [0.717, 1.165) is 12.1 Å². The number of carbonyl (C=O) groups excluding carboxylic acids is 1. The van der Waals surface area contributed by atoms with Gasteiger partial charge in [-0.3, -0.25) is 4.68 Å². The van der Waals surface area contributed by atoms with E-state index in [1.165, 1.54) is 4.68 Å². The minimum Gasteiger partial charge on any atom is -0.463 e. The van der Waals surface area contributed by atoms with E-state index in [9.17, 15) is 13.2 Å². The Kier molecular flexibility index (Phi) is 4.72. The topological polar surface area (TPSA) is 77.4 Å². The number of ether oxygens (including phenoxy) is 1. The van der Waals surface area contributed by atoms with E-state index in [4.69, 9.17) is 4.74 Å². The second kappa shape index (κ2) is 6.34. The lowest BCUT2D eigenvalue weighted by Crippen LogP contribution is -2.38. The van der Waals surface area contributed by atoms with Gasteiger partial charge in [-0.15, -0.1) is 0 Å². The second-order valence-corrected chi connectivity index (χ2v) is 6.80. The molecule has 0 bridgehead atoms. The van der Waals surface area contributed by atoms with Crippen LogP contribution in [0.5, 0.6) is 0 Å². The molecule has 1 atom stereocenters. The molecule has 1 aromatic heterocycles. The van der Waals surface area contributed by atoms with Gasteiger partial charge >= 0.3 is 5.97 Å². The summed E-state index contributed by atoms with van der Waals surface area (Å²) in [7, 11) is -3.70. The van der Waals surface area contributed by atoms with Crippen molar-refractivity contribution in [2.45, 2.75) is 38.4 Å². The van der Waals surface area contributed by atoms with Crippen LogP contribution >= 0.6 is 0 Å². The summed E-state index contributed by atoms with van der Waals surface area (Å²) in [5, 5.41) is -0.868. The standard InChI is InChI=1S/C14H20N2O4S/c1-3-20-14(17)12-8-4-5-9-13(12)21(18,19)15-16-10-6-7-11(16)2/h6-8,10,13,15H,3-5,9H2,1-2H3. The predicted octanol–water partition coefficient (Wildman–Crippen LogP) is 1.71. The Bertz CT molecular complexity index is 646. The number of allylic oxidation sites excluding steroid dienone is 1. The third-order valence-corrected chi connectivity index (χ3v) is 5.14. The van der Waals surface area contributed by atoms with Crippen molar-refractivity contribution in [2.75, 3.05) is 11.4 Å². The molecule has 0 saturated heterocycles. The van der Waals surface area contributed by atoms with Crippen LogP contribution in [-0.2, 0) is 19.6 Å². The van der Waals surface area contributed by atoms with E-state index >= 15 is 0 Å². The molecule has 0 radical (unpaired) electrons. The fourth-order valence-corrected chi connectivity index (χ4v) is 3.98. The lowest BCUT2D eigenvalue weighted by Gasteiger charge is -2.24. The molecule has 6 nitrogen and oxygen atoms in total. The lowest BCUT2D eigenvalue weighted by molar-refractivity contribution is -0.138. The van der Waals surface area contributed by atoms with Crippen LogP contribution in [0.2, 0.25) is 0 Å². The van der Waals surface area contributed by atoms with Crippen molar-refractivity contribution >= 4 is 16.0 Å². The van der Waals surface area contributed by atoms with Crippen molar-refractivity contribution in [3.05, 3.63) is 35.7 Å². The van der Waals surface area contributed by atoms with Gasteiger partial charge in [0, 0.05) is 11.9 Å². The summed E-state index contributed by atoms with van der Waals surface area (Å²) in [5.41, 5.74) is 1.01. The molecule has 0 fully saturated rings. The highest BCUT2D eigenvalue weighted by Crippen LogP contribution is 2.26. The first kappa shape index (κ1) is 15.6. The first-order chi connectivity index (χ1) is 9.95. The van der Waals surface area contributed by atoms with Crippen LogP contribution in [0.15, 0.2) is 30.0 Å². The zero-order chi connectivity index (χ0) is 15.5. The number of rotatable bonds is 5. The Morgan fingerprint density at radius 3 is 2.90 bits per heavy atom. The minimum absolute atomic E-state index is 0.229. The van der Waals surface area contributed by atoms with Crippen LogP contribution in [0.3, 0.4) is 0 Å². The van der Waals surface area contributed by atoms with E-state index in [1.807, 2.05) is 0 Å². The number of nitrogens with zero attached hydrogens (tertiary/aromatic N) is 1. The molecule has 2 rings (SSSR count). The van der Waals surface area contributed by atoms with Crippen molar-refractivity contribution in [1.82, 2.24) is 4.68 Å². The SMILES string of the molecule is CCOC(=O)C1=CCCCC1S(=O)(=O)Nn1cccc1C. The fraction of sp³-hybridized carbons (Fsp3) is 0.500. The van der Waals surface area contributed by atoms with Crippen LogP contribution in [-0.4, -0.2) is 30.9 Å². The van der Waals surface area contributed by atoms with Gasteiger partial charge in [-0.25, -0.2) is 18.0 Å². The highest BCUT2D eigenvalue weighted by atomic mass is 32.2. The molecule has 1 heterocycles. The molecule has 1 aliphatic rings. The fourth-order valence-electron chi connectivity index (χ4n) is 2.37. The van der Waals surface area contributed by atoms with Gasteiger partial charge in [0.05, 0.1) is 12.2 Å². The first-order valence-corrected chi connectivity index (χ1v) is 8.53. The van der Waals surface area contributed by atoms with Gasteiger partial charge in [-0.05, 0) is 45.2 Å². The molecule has 1 aliphatic carbocycles. The van der Waals surface area contributed by atoms with Gasteiger partial charge in [-0.2, -0.15) is 0 Å². The molecule has 0 aromatic carbocycles. The van der Waals surface area contributed by atoms with Crippen molar-refractivity contribution in [1.29, 1.82) is 0 Å². The number of hydrogen-bond acceptors (Lipinski definition) is 4. The number of sulfonamides is 1. The molecule has 21 heavy (non-hydrogen) atoms. The summed E-state index contributed by atoms with van der Waals surface area (Å²) in [4.78, 5) is 14.4. The summed E-state index contributed by atoms with van der Waals surface area (Å²) in [6.45, 7) is 3.73. The average Bonchev–Trinajstić information content (AvgIpc) is 2.84. The van der Waals surface area contributed by atoms with Crippen LogP contribution in [0.4, 0.5) is 0 Å². The van der Waals surface area contributed by atoms with Gasteiger partial charge in [0.25, 0.3) is 10.0 Å². The Balaban J connectivity index is 2.25. The molecule has 1 aromatic rings. The normalized spacial score (nSPS) is 19.0. The van der Waals surface area contributed by atoms with E-state index in [2.05, 4.69) is 4.83 Å². The maximum atomic E-state index is 12.5. The molecule has 116 valence electrons. The number of hydrogen-bond donors (Lipinski definition) is 1. The molecular weight excluding hydrogens is 292 g/mol. The second-order valence-electron chi connectivity index (χ2n) is 4.96. The van der Waals surface area contributed by atoms with Gasteiger partial charge in [0.15, 0.2) is 0 Å². The van der Waals surface area contributed by atoms with E-state index in [-0.39, 0.29) is 12.2 Å². The molecular formula is C14H20N2O4S. The molecule has 0 saturated carbocycles. The summed E-state index contributed by atoms with van der Waals surface area (Å²) in [5.74, 6) is -0.545. The van der Waals surface area contributed by atoms with Crippen molar-refractivity contribution in [2.24, 2.45) is 0 Å². The van der Waals surface area contributed by atoms with Crippen molar-refractivity contribution in [3.8, 4) is 0 Å².